The Labute approximate surface area is 102 Å². The van der Waals surface area contributed by atoms with Crippen molar-refractivity contribution < 1.29 is 0 Å². The summed E-state index contributed by atoms with van der Waals surface area (Å²) in [4.78, 5) is 2.37. The number of benzene rings is 1. The zero-order valence-electron chi connectivity index (χ0n) is 10.1. The van der Waals surface area contributed by atoms with Crippen LogP contribution in [0.2, 0.25) is 0 Å². The molecule has 1 fully saturated rings. The highest BCUT2D eigenvalue weighted by Gasteiger charge is 2.16. The van der Waals surface area contributed by atoms with E-state index in [9.17, 15) is 0 Å². The Morgan fingerprint density at radius 3 is 2.47 bits per heavy atom. The fourth-order valence-electron chi connectivity index (χ4n) is 2.43. The van der Waals surface area contributed by atoms with Gasteiger partial charge in [-0.1, -0.05) is 30.3 Å². The molecule has 1 aliphatic rings. The second-order valence-corrected chi connectivity index (χ2v) is 4.57. The second kappa shape index (κ2) is 4.24. The summed E-state index contributed by atoms with van der Waals surface area (Å²) < 4.78 is 1.98. The molecule has 0 radical (unpaired) electrons. The smallest absolute Gasteiger partial charge is 0.151 e. The second-order valence-electron chi connectivity index (χ2n) is 4.57. The first kappa shape index (κ1) is 10.4. The van der Waals surface area contributed by atoms with Crippen molar-refractivity contribution in [3.63, 3.8) is 0 Å². The van der Waals surface area contributed by atoms with Crippen LogP contribution in [-0.4, -0.2) is 22.9 Å². The highest BCUT2D eigenvalue weighted by molar-refractivity contribution is 5.63. The Balaban J connectivity index is 1.96. The molecular weight excluding hydrogens is 210 g/mol. The van der Waals surface area contributed by atoms with E-state index in [1.165, 1.54) is 24.1 Å². The average Bonchev–Trinajstić information content (AvgIpc) is 2.99. The third kappa shape index (κ3) is 1.93. The molecule has 0 amide bonds. The zero-order valence-corrected chi connectivity index (χ0v) is 10.1. The van der Waals surface area contributed by atoms with Gasteiger partial charge < -0.3 is 4.90 Å². The van der Waals surface area contributed by atoms with Crippen molar-refractivity contribution in [2.24, 2.45) is 7.05 Å². The number of anilines is 1. The van der Waals surface area contributed by atoms with Gasteiger partial charge in [-0.2, -0.15) is 5.10 Å². The summed E-state index contributed by atoms with van der Waals surface area (Å²) in [5.41, 5.74) is 2.42. The zero-order chi connectivity index (χ0) is 11.7. The number of nitrogens with zero attached hydrogens (tertiary/aromatic N) is 3. The van der Waals surface area contributed by atoms with Gasteiger partial charge in [0, 0.05) is 26.2 Å². The normalized spacial score (nSPS) is 15.5. The largest absolute Gasteiger partial charge is 0.355 e. The van der Waals surface area contributed by atoms with E-state index in [1.807, 2.05) is 17.8 Å². The van der Waals surface area contributed by atoms with E-state index in [1.54, 1.807) is 0 Å². The molecule has 0 atom stereocenters. The first-order valence-electron chi connectivity index (χ1n) is 6.19. The number of hydrogen-bond donors (Lipinski definition) is 0. The SMILES string of the molecule is Cn1nc(N2CCCC2)cc1-c1ccccc1. The molecule has 1 aromatic heterocycles. The van der Waals surface area contributed by atoms with Crippen LogP contribution in [0.15, 0.2) is 36.4 Å². The van der Waals surface area contributed by atoms with Crippen molar-refractivity contribution in [1.82, 2.24) is 9.78 Å². The maximum atomic E-state index is 4.61. The summed E-state index contributed by atoms with van der Waals surface area (Å²) in [6.07, 6.45) is 2.58. The molecule has 0 unspecified atom stereocenters. The fourth-order valence-corrected chi connectivity index (χ4v) is 2.43. The number of hydrogen-bond acceptors (Lipinski definition) is 2. The van der Waals surface area contributed by atoms with Crippen molar-refractivity contribution in [3.8, 4) is 11.3 Å². The van der Waals surface area contributed by atoms with Crippen molar-refractivity contribution >= 4 is 5.82 Å². The summed E-state index contributed by atoms with van der Waals surface area (Å²) in [6, 6.07) is 12.6. The van der Waals surface area contributed by atoms with Gasteiger partial charge in [-0.3, -0.25) is 4.68 Å². The highest BCUT2D eigenvalue weighted by atomic mass is 15.3. The van der Waals surface area contributed by atoms with E-state index in [0.717, 1.165) is 18.9 Å². The van der Waals surface area contributed by atoms with Crippen LogP contribution in [0.1, 0.15) is 12.8 Å². The van der Waals surface area contributed by atoms with Crippen molar-refractivity contribution in [1.29, 1.82) is 0 Å². The van der Waals surface area contributed by atoms with Crippen LogP contribution < -0.4 is 4.90 Å². The fraction of sp³-hybridized carbons (Fsp3) is 0.357. The summed E-state index contributed by atoms with van der Waals surface area (Å²) in [7, 11) is 2.02. The van der Waals surface area contributed by atoms with E-state index in [2.05, 4.69) is 40.3 Å². The molecule has 88 valence electrons. The molecule has 0 aliphatic carbocycles. The summed E-state index contributed by atoms with van der Waals surface area (Å²) in [6.45, 7) is 2.29. The summed E-state index contributed by atoms with van der Waals surface area (Å²) in [5, 5.41) is 4.61. The molecule has 1 saturated heterocycles. The van der Waals surface area contributed by atoms with Crippen LogP contribution in [0.3, 0.4) is 0 Å². The van der Waals surface area contributed by atoms with E-state index in [-0.39, 0.29) is 0 Å². The van der Waals surface area contributed by atoms with Gasteiger partial charge in [0.2, 0.25) is 0 Å². The molecule has 2 aromatic rings. The molecule has 3 nitrogen and oxygen atoms in total. The minimum absolute atomic E-state index is 1.11. The average molecular weight is 227 g/mol. The monoisotopic (exact) mass is 227 g/mol. The van der Waals surface area contributed by atoms with E-state index in [0.29, 0.717) is 0 Å². The van der Waals surface area contributed by atoms with Crippen LogP contribution in [0.4, 0.5) is 5.82 Å². The summed E-state index contributed by atoms with van der Waals surface area (Å²) >= 11 is 0. The van der Waals surface area contributed by atoms with E-state index in [4.69, 9.17) is 0 Å². The van der Waals surface area contributed by atoms with Crippen LogP contribution in [0, 0.1) is 0 Å². The number of rotatable bonds is 2. The van der Waals surface area contributed by atoms with Crippen molar-refractivity contribution in [2.45, 2.75) is 12.8 Å². The Hall–Kier alpha value is -1.77. The van der Waals surface area contributed by atoms with Crippen LogP contribution in [-0.2, 0) is 7.05 Å². The predicted octanol–water partition coefficient (Wildman–Crippen LogP) is 2.69. The van der Waals surface area contributed by atoms with Gasteiger partial charge in [0.25, 0.3) is 0 Å². The van der Waals surface area contributed by atoms with Gasteiger partial charge in [0.15, 0.2) is 5.82 Å². The van der Waals surface area contributed by atoms with Gasteiger partial charge in [-0.15, -0.1) is 0 Å². The lowest BCUT2D eigenvalue weighted by Gasteiger charge is -2.12. The third-order valence-corrected chi connectivity index (χ3v) is 3.37. The molecule has 3 rings (SSSR count). The summed E-state index contributed by atoms with van der Waals surface area (Å²) in [5.74, 6) is 1.11. The topological polar surface area (TPSA) is 21.1 Å². The van der Waals surface area contributed by atoms with Gasteiger partial charge >= 0.3 is 0 Å². The van der Waals surface area contributed by atoms with Crippen molar-refractivity contribution in [2.75, 3.05) is 18.0 Å². The van der Waals surface area contributed by atoms with Crippen LogP contribution in [0.25, 0.3) is 11.3 Å². The quantitative estimate of drug-likeness (QED) is 0.786. The Bertz CT molecular complexity index is 495. The maximum absolute atomic E-state index is 4.61. The highest BCUT2D eigenvalue weighted by Crippen LogP contribution is 2.25. The lowest BCUT2D eigenvalue weighted by Crippen LogP contribution is -2.18. The lowest BCUT2D eigenvalue weighted by atomic mass is 10.1. The van der Waals surface area contributed by atoms with E-state index < -0.39 is 0 Å². The standard InChI is InChI=1S/C14H17N3/c1-16-13(12-7-3-2-4-8-12)11-14(15-16)17-9-5-6-10-17/h2-4,7-8,11H,5-6,9-10H2,1H3. The minimum atomic E-state index is 1.11. The molecule has 0 N–H and O–H groups in total. The lowest BCUT2D eigenvalue weighted by molar-refractivity contribution is 0.762. The molecule has 17 heavy (non-hydrogen) atoms. The van der Waals surface area contributed by atoms with Gasteiger partial charge in [0.1, 0.15) is 0 Å². The van der Waals surface area contributed by atoms with Gasteiger partial charge in [-0.05, 0) is 18.4 Å². The molecule has 2 heterocycles. The Kier molecular flexibility index (Phi) is 2.59. The van der Waals surface area contributed by atoms with Gasteiger partial charge in [0.05, 0.1) is 5.69 Å². The maximum Gasteiger partial charge on any atom is 0.151 e. The number of aromatic nitrogens is 2. The van der Waals surface area contributed by atoms with Crippen molar-refractivity contribution in [3.05, 3.63) is 36.4 Å². The first-order valence-corrected chi connectivity index (χ1v) is 6.19. The molecule has 0 spiro atoms. The molecule has 0 saturated carbocycles. The predicted molar refractivity (Wildman–Crippen MR) is 70.1 cm³/mol. The molecule has 3 heteroatoms. The van der Waals surface area contributed by atoms with E-state index >= 15 is 0 Å². The van der Waals surface area contributed by atoms with Crippen LogP contribution in [0.5, 0.6) is 0 Å². The Morgan fingerprint density at radius 2 is 1.76 bits per heavy atom. The molecule has 1 aliphatic heterocycles. The number of aryl methyl sites for hydroxylation is 1. The molecular formula is C14H17N3. The minimum Gasteiger partial charge on any atom is -0.355 e. The molecule has 0 bridgehead atoms. The first-order chi connectivity index (χ1) is 8.34. The van der Waals surface area contributed by atoms with Crippen LogP contribution >= 0.6 is 0 Å². The molecule has 1 aromatic carbocycles. The third-order valence-electron chi connectivity index (χ3n) is 3.37. The Morgan fingerprint density at radius 1 is 1.06 bits per heavy atom. The van der Waals surface area contributed by atoms with Gasteiger partial charge in [-0.25, -0.2) is 0 Å².